The van der Waals surface area contributed by atoms with Crippen molar-refractivity contribution in [3.8, 4) is 17.2 Å². The Bertz CT molecular complexity index is 1310. The van der Waals surface area contributed by atoms with Gasteiger partial charge in [0.1, 0.15) is 17.2 Å². The summed E-state index contributed by atoms with van der Waals surface area (Å²) in [5.41, 5.74) is 2.74. The van der Waals surface area contributed by atoms with Gasteiger partial charge in [0.25, 0.3) is 5.91 Å². The van der Waals surface area contributed by atoms with E-state index in [0.29, 0.717) is 56.1 Å². The molecule has 3 aromatic carbocycles. The van der Waals surface area contributed by atoms with Gasteiger partial charge in [-0.1, -0.05) is 42.5 Å². The molecule has 8 nitrogen and oxygen atoms in total. The van der Waals surface area contributed by atoms with Crippen LogP contribution in [0.25, 0.3) is 0 Å². The number of nitrogens with zero attached hydrogens (tertiary/aromatic N) is 2. The molecular weight excluding hydrogens is 494 g/mol. The maximum atomic E-state index is 12.9. The molecule has 3 aromatic rings. The van der Waals surface area contributed by atoms with Crippen LogP contribution >= 0.6 is 0 Å². The quantitative estimate of drug-likeness (QED) is 0.481. The Hall–Kier alpha value is -4.33. The molecule has 204 valence electrons. The largest absolute Gasteiger partial charge is 0.483 e. The molecule has 0 saturated carbocycles. The van der Waals surface area contributed by atoms with E-state index in [1.807, 2.05) is 72.8 Å². The van der Waals surface area contributed by atoms with Crippen LogP contribution < -0.4 is 14.8 Å². The van der Waals surface area contributed by atoms with E-state index in [0.717, 1.165) is 16.7 Å². The van der Waals surface area contributed by atoms with Crippen LogP contribution in [0.3, 0.4) is 0 Å². The third-order valence-corrected chi connectivity index (χ3v) is 6.69. The molecule has 0 unspecified atom stereocenters. The smallest absolute Gasteiger partial charge is 0.257 e. The van der Waals surface area contributed by atoms with Crippen molar-refractivity contribution >= 4 is 17.7 Å². The van der Waals surface area contributed by atoms with Gasteiger partial charge in [-0.15, -0.1) is 0 Å². The second kappa shape index (κ2) is 13.5. The minimum atomic E-state index is -0.210. The van der Waals surface area contributed by atoms with Crippen LogP contribution in [0.4, 0.5) is 0 Å². The first-order valence-corrected chi connectivity index (χ1v) is 13.2. The molecule has 3 amide bonds. The van der Waals surface area contributed by atoms with Crippen molar-refractivity contribution in [3.05, 3.63) is 89.5 Å². The zero-order chi connectivity index (χ0) is 27.6. The molecule has 0 fully saturated rings. The summed E-state index contributed by atoms with van der Waals surface area (Å²) in [6.07, 6.45) is 1.66. The van der Waals surface area contributed by atoms with Gasteiger partial charge < -0.3 is 24.6 Å². The molecular formula is C31H35N3O5. The maximum Gasteiger partial charge on any atom is 0.257 e. The molecule has 4 bridgehead atoms. The van der Waals surface area contributed by atoms with Gasteiger partial charge in [0, 0.05) is 40.2 Å². The van der Waals surface area contributed by atoms with E-state index in [9.17, 15) is 14.4 Å². The number of nitrogens with one attached hydrogen (secondary N) is 1. The maximum absolute atomic E-state index is 12.9. The highest BCUT2D eigenvalue weighted by Crippen LogP contribution is 2.24. The Morgan fingerprint density at radius 3 is 2.15 bits per heavy atom. The van der Waals surface area contributed by atoms with Gasteiger partial charge in [0.05, 0.1) is 6.42 Å². The molecule has 1 N–H and O–H groups in total. The van der Waals surface area contributed by atoms with Gasteiger partial charge in [0.15, 0.2) is 6.61 Å². The average molecular weight is 530 g/mol. The molecule has 0 aliphatic carbocycles. The summed E-state index contributed by atoms with van der Waals surface area (Å²) in [5.74, 6) is 1.66. The van der Waals surface area contributed by atoms with E-state index in [1.165, 1.54) is 0 Å². The van der Waals surface area contributed by atoms with E-state index in [2.05, 4.69) is 5.32 Å². The highest BCUT2D eigenvalue weighted by molar-refractivity contribution is 5.79. The first-order valence-electron chi connectivity index (χ1n) is 13.2. The number of aryl methyl sites for hydroxylation is 1. The lowest BCUT2D eigenvalue weighted by Gasteiger charge is -2.23. The first-order chi connectivity index (χ1) is 18.9. The molecule has 0 aromatic heterocycles. The molecule has 39 heavy (non-hydrogen) atoms. The average Bonchev–Trinajstić information content (AvgIpc) is 2.93. The van der Waals surface area contributed by atoms with Crippen molar-refractivity contribution < 1.29 is 23.9 Å². The Morgan fingerprint density at radius 2 is 1.38 bits per heavy atom. The predicted molar refractivity (Wildman–Crippen MR) is 149 cm³/mol. The number of amides is 3. The van der Waals surface area contributed by atoms with E-state index in [1.54, 1.807) is 23.9 Å². The number of para-hydroxylation sites is 1. The summed E-state index contributed by atoms with van der Waals surface area (Å²) >= 11 is 0. The Balaban J connectivity index is 1.50. The van der Waals surface area contributed by atoms with Gasteiger partial charge in [-0.2, -0.15) is 0 Å². The lowest BCUT2D eigenvalue weighted by Crippen LogP contribution is -2.38. The summed E-state index contributed by atoms with van der Waals surface area (Å²) in [5, 5.41) is 2.90. The van der Waals surface area contributed by atoms with Crippen LogP contribution in [-0.4, -0.2) is 67.9 Å². The number of benzene rings is 3. The molecule has 0 radical (unpaired) electrons. The molecule has 0 atom stereocenters. The van der Waals surface area contributed by atoms with Crippen molar-refractivity contribution in [2.45, 2.75) is 25.7 Å². The number of fused-ring (bicyclic) bond motifs is 5. The third kappa shape index (κ3) is 8.33. The molecule has 0 spiro atoms. The van der Waals surface area contributed by atoms with Crippen LogP contribution in [0.5, 0.6) is 17.2 Å². The van der Waals surface area contributed by atoms with E-state index < -0.39 is 0 Å². The molecule has 4 rings (SSSR count). The Labute approximate surface area is 229 Å². The van der Waals surface area contributed by atoms with E-state index in [4.69, 9.17) is 9.47 Å². The van der Waals surface area contributed by atoms with Gasteiger partial charge in [0.2, 0.25) is 11.8 Å². The number of hydrogen-bond donors (Lipinski definition) is 1. The lowest BCUT2D eigenvalue weighted by molar-refractivity contribution is -0.133. The van der Waals surface area contributed by atoms with Crippen molar-refractivity contribution in [2.24, 2.45) is 0 Å². The minimum Gasteiger partial charge on any atom is -0.483 e. The van der Waals surface area contributed by atoms with Crippen LogP contribution in [0.1, 0.15) is 23.1 Å². The first kappa shape index (κ1) is 27.7. The lowest BCUT2D eigenvalue weighted by atomic mass is 10.1. The summed E-state index contributed by atoms with van der Waals surface area (Å²) in [6.45, 7) is 1.21. The van der Waals surface area contributed by atoms with Crippen LogP contribution in [0, 0.1) is 0 Å². The fraction of sp³-hybridized carbons (Fsp3) is 0.323. The number of hydrogen-bond acceptors (Lipinski definition) is 5. The third-order valence-electron chi connectivity index (χ3n) is 6.69. The molecule has 8 heteroatoms. The second-order valence-electron chi connectivity index (χ2n) is 9.70. The SMILES string of the molecule is CN1CCN(C)C(=O)Cc2cccc(c2)Oc2cccc(c2)CCNC(=O)COc2ccccc2CCC1=O. The van der Waals surface area contributed by atoms with Crippen molar-refractivity contribution in [2.75, 3.05) is 40.3 Å². The summed E-state index contributed by atoms with van der Waals surface area (Å²) in [7, 11) is 3.49. The van der Waals surface area contributed by atoms with Crippen molar-refractivity contribution in [1.29, 1.82) is 0 Å². The minimum absolute atomic E-state index is 0.0223. The zero-order valence-corrected chi connectivity index (χ0v) is 22.5. The fourth-order valence-corrected chi connectivity index (χ4v) is 4.30. The number of likely N-dealkylation sites (N-methyl/N-ethyl adjacent to an activating group) is 2. The fourth-order valence-electron chi connectivity index (χ4n) is 4.30. The number of rotatable bonds is 0. The normalized spacial score (nSPS) is 16.3. The summed E-state index contributed by atoms with van der Waals surface area (Å²) in [6, 6.07) is 22.7. The number of carbonyl (C=O) groups is 3. The summed E-state index contributed by atoms with van der Waals surface area (Å²) < 4.78 is 11.9. The predicted octanol–water partition coefficient (Wildman–Crippen LogP) is 3.62. The van der Waals surface area contributed by atoms with Crippen LogP contribution in [0.2, 0.25) is 0 Å². The highest BCUT2D eigenvalue weighted by atomic mass is 16.5. The highest BCUT2D eigenvalue weighted by Gasteiger charge is 2.15. The van der Waals surface area contributed by atoms with Crippen LogP contribution in [-0.2, 0) is 33.6 Å². The van der Waals surface area contributed by atoms with Crippen LogP contribution in [0.15, 0.2) is 72.8 Å². The molecule has 0 saturated heterocycles. The topological polar surface area (TPSA) is 88.2 Å². The molecule has 1 aliphatic rings. The van der Waals surface area contributed by atoms with Gasteiger partial charge in [-0.3, -0.25) is 14.4 Å². The van der Waals surface area contributed by atoms with E-state index >= 15 is 0 Å². The van der Waals surface area contributed by atoms with Crippen molar-refractivity contribution in [3.63, 3.8) is 0 Å². The Kier molecular flexibility index (Phi) is 9.56. The Morgan fingerprint density at radius 1 is 0.718 bits per heavy atom. The van der Waals surface area contributed by atoms with Gasteiger partial charge >= 0.3 is 0 Å². The summed E-state index contributed by atoms with van der Waals surface area (Å²) in [4.78, 5) is 41.3. The molecule has 1 aliphatic heterocycles. The van der Waals surface area contributed by atoms with Gasteiger partial charge in [-0.25, -0.2) is 0 Å². The zero-order valence-electron chi connectivity index (χ0n) is 22.5. The van der Waals surface area contributed by atoms with E-state index in [-0.39, 0.29) is 30.7 Å². The standard InChI is InChI=1S/C31H35N3O5/c1-33-17-18-34(2)31(37)21-24-8-6-11-27(20-24)39-26-10-5-7-23(19-26)15-16-32-29(35)22-38-28-12-4-3-9-25(28)13-14-30(33)36/h3-12,19-20H,13-18,21-22H2,1-2H3,(H,32,35). The van der Waals surface area contributed by atoms with Gasteiger partial charge in [-0.05, 0) is 59.9 Å². The second-order valence-corrected chi connectivity index (χ2v) is 9.70. The monoisotopic (exact) mass is 529 g/mol. The number of carbonyl (C=O) groups excluding carboxylic acids is 3. The van der Waals surface area contributed by atoms with Crippen molar-refractivity contribution in [1.82, 2.24) is 15.1 Å². The number of ether oxygens (including phenoxy) is 2. The molecule has 1 heterocycles.